The van der Waals surface area contributed by atoms with Crippen molar-refractivity contribution in [1.82, 2.24) is 20.4 Å². The Labute approximate surface area is 201 Å². The van der Waals surface area contributed by atoms with Gasteiger partial charge in [-0.1, -0.05) is 42.5 Å². The van der Waals surface area contributed by atoms with Crippen LogP contribution in [0, 0.1) is 0 Å². The van der Waals surface area contributed by atoms with E-state index in [4.69, 9.17) is 5.14 Å². The maximum atomic E-state index is 12.2. The van der Waals surface area contributed by atoms with Crippen LogP contribution in [-0.4, -0.2) is 75.8 Å². The van der Waals surface area contributed by atoms with Gasteiger partial charge in [0.05, 0.1) is 11.4 Å². The van der Waals surface area contributed by atoms with Gasteiger partial charge in [0.1, 0.15) is 0 Å². The highest BCUT2D eigenvalue weighted by Gasteiger charge is 2.19. The molecule has 0 radical (unpaired) electrons. The second-order valence-electron chi connectivity index (χ2n) is 8.42. The molecule has 3 rings (SSSR count). The summed E-state index contributed by atoms with van der Waals surface area (Å²) in [5.41, 5.74) is 2.01. The van der Waals surface area contributed by atoms with Gasteiger partial charge in [-0.25, -0.2) is 13.6 Å². The number of primary sulfonamides is 1. The quantitative estimate of drug-likeness (QED) is 0.419. The minimum atomic E-state index is -3.69. The highest BCUT2D eigenvalue weighted by Crippen LogP contribution is 2.09. The normalized spacial score (nSPS) is 15.1. The van der Waals surface area contributed by atoms with Crippen LogP contribution in [0.2, 0.25) is 0 Å². The molecule has 0 bridgehead atoms. The lowest BCUT2D eigenvalue weighted by Crippen LogP contribution is -2.49. The van der Waals surface area contributed by atoms with Gasteiger partial charge in [0.15, 0.2) is 0 Å². The first-order chi connectivity index (χ1) is 16.3. The van der Waals surface area contributed by atoms with E-state index in [0.29, 0.717) is 39.0 Å². The van der Waals surface area contributed by atoms with E-state index >= 15 is 0 Å². The van der Waals surface area contributed by atoms with Crippen molar-refractivity contribution in [3.63, 3.8) is 0 Å². The summed E-state index contributed by atoms with van der Waals surface area (Å²) in [4.78, 5) is 28.8. The van der Waals surface area contributed by atoms with Gasteiger partial charge < -0.3 is 15.5 Å². The minimum Gasteiger partial charge on any atom is -0.356 e. The molecule has 1 saturated heterocycles. The Morgan fingerprint density at radius 1 is 0.824 bits per heavy atom. The molecular weight excluding hydrogens is 454 g/mol. The zero-order valence-corrected chi connectivity index (χ0v) is 20.1. The van der Waals surface area contributed by atoms with E-state index in [0.717, 1.165) is 37.3 Å². The molecule has 10 heteroatoms. The van der Waals surface area contributed by atoms with Crippen molar-refractivity contribution in [2.24, 2.45) is 5.14 Å². The maximum absolute atomic E-state index is 12.2. The summed E-state index contributed by atoms with van der Waals surface area (Å²) >= 11 is 0. The molecule has 2 aromatic rings. The van der Waals surface area contributed by atoms with Gasteiger partial charge in [-0.05, 0) is 29.7 Å². The van der Waals surface area contributed by atoms with Crippen molar-refractivity contribution < 1.29 is 18.0 Å². The van der Waals surface area contributed by atoms with Crippen LogP contribution in [0.15, 0.2) is 59.5 Å². The van der Waals surface area contributed by atoms with Crippen LogP contribution in [0.5, 0.6) is 0 Å². The monoisotopic (exact) mass is 487 g/mol. The van der Waals surface area contributed by atoms with Crippen molar-refractivity contribution in [3.05, 3.63) is 65.7 Å². The zero-order chi connectivity index (χ0) is 24.4. The van der Waals surface area contributed by atoms with Crippen molar-refractivity contribution in [3.8, 4) is 0 Å². The first-order valence-electron chi connectivity index (χ1n) is 11.4. The third-order valence-corrected chi connectivity index (χ3v) is 6.74. The average Bonchev–Trinajstić information content (AvgIpc) is 2.83. The molecule has 4 N–H and O–H groups in total. The molecule has 0 saturated carbocycles. The Balaban J connectivity index is 1.26. The number of nitrogens with zero attached hydrogens (tertiary/aromatic N) is 2. The van der Waals surface area contributed by atoms with Crippen LogP contribution in [-0.2, 0) is 32.6 Å². The van der Waals surface area contributed by atoms with Gasteiger partial charge in [-0.2, -0.15) is 0 Å². The Bertz CT molecular complexity index is 1040. The van der Waals surface area contributed by atoms with Gasteiger partial charge in [0.25, 0.3) is 0 Å². The van der Waals surface area contributed by atoms with Gasteiger partial charge in [-0.3, -0.25) is 14.5 Å². The Hall–Kier alpha value is -2.79. The summed E-state index contributed by atoms with van der Waals surface area (Å²) in [6.45, 7) is 5.35. The molecule has 184 valence electrons. The van der Waals surface area contributed by atoms with E-state index in [9.17, 15) is 18.0 Å². The number of carbonyl (C=O) groups excluding carboxylic acids is 2. The number of nitrogens with two attached hydrogens (primary N) is 1. The second-order valence-corrected chi connectivity index (χ2v) is 9.98. The van der Waals surface area contributed by atoms with Crippen molar-refractivity contribution in [2.75, 3.05) is 45.8 Å². The summed E-state index contributed by atoms with van der Waals surface area (Å²) in [7, 11) is -3.69. The fraction of sp³-hybridized carbons (Fsp3) is 0.417. The minimum absolute atomic E-state index is 0.0103. The number of carbonyl (C=O) groups is 2. The summed E-state index contributed by atoms with van der Waals surface area (Å²) in [6, 6.07) is 16.2. The van der Waals surface area contributed by atoms with E-state index in [1.54, 1.807) is 12.1 Å². The summed E-state index contributed by atoms with van der Waals surface area (Å²) in [5, 5.41) is 11.0. The molecule has 0 aliphatic carbocycles. The molecule has 1 fully saturated rings. The SMILES string of the molecule is NS(=O)(=O)c1ccc(CCNC(=O)CCN2CCN(CC(=O)NCc3ccccc3)CC2)cc1. The van der Waals surface area contributed by atoms with E-state index in [1.807, 2.05) is 30.3 Å². The Morgan fingerprint density at radius 2 is 1.47 bits per heavy atom. The first-order valence-corrected chi connectivity index (χ1v) is 13.0. The van der Waals surface area contributed by atoms with Crippen LogP contribution in [0.1, 0.15) is 17.5 Å². The summed E-state index contributed by atoms with van der Waals surface area (Å²) in [5.74, 6) is 0.0137. The molecular formula is C24H33N5O4S. The fourth-order valence-electron chi connectivity index (χ4n) is 3.77. The number of hydrogen-bond donors (Lipinski definition) is 3. The van der Waals surface area contributed by atoms with E-state index in [-0.39, 0.29) is 16.7 Å². The summed E-state index contributed by atoms with van der Waals surface area (Å²) in [6.07, 6.45) is 1.03. The predicted molar refractivity (Wildman–Crippen MR) is 130 cm³/mol. The summed E-state index contributed by atoms with van der Waals surface area (Å²) < 4.78 is 22.6. The molecule has 2 amide bonds. The molecule has 2 aromatic carbocycles. The predicted octanol–water partition coefficient (Wildman–Crippen LogP) is 0.317. The number of piperazine rings is 1. The third-order valence-electron chi connectivity index (χ3n) is 5.81. The molecule has 1 aliphatic rings. The fourth-order valence-corrected chi connectivity index (χ4v) is 4.28. The van der Waals surface area contributed by atoms with Crippen LogP contribution < -0.4 is 15.8 Å². The van der Waals surface area contributed by atoms with E-state index in [1.165, 1.54) is 12.1 Å². The average molecular weight is 488 g/mol. The van der Waals surface area contributed by atoms with Gasteiger partial charge in [-0.15, -0.1) is 0 Å². The number of nitrogens with one attached hydrogen (secondary N) is 2. The molecule has 1 aliphatic heterocycles. The number of hydrogen-bond acceptors (Lipinski definition) is 6. The number of rotatable bonds is 11. The molecule has 34 heavy (non-hydrogen) atoms. The van der Waals surface area contributed by atoms with E-state index < -0.39 is 10.0 Å². The molecule has 0 unspecified atom stereocenters. The third kappa shape index (κ3) is 8.86. The van der Waals surface area contributed by atoms with Crippen molar-refractivity contribution >= 4 is 21.8 Å². The van der Waals surface area contributed by atoms with Gasteiger partial charge in [0, 0.05) is 52.2 Å². The maximum Gasteiger partial charge on any atom is 0.238 e. The van der Waals surface area contributed by atoms with E-state index in [2.05, 4.69) is 20.4 Å². The molecule has 1 heterocycles. The van der Waals surface area contributed by atoms with Crippen molar-refractivity contribution in [2.45, 2.75) is 24.3 Å². The Kier molecular flexibility index (Phi) is 9.58. The smallest absolute Gasteiger partial charge is 0.238 e. The standard InChI is InChI=1S/C24H33N5O4S/c25-34(32,33)22-8-6-20(7-9-22)10-12-26-23(30)11-13-28-14-16-29(17-15-28)19-24(31)27-18-21-4-2-1-3-5-21/h1-9H,10-19H2,(H,26,30)(H,27,31)(H2,25,32,33). The molecule has 0 spiro atoms. The largest absolute Gasteiger partial charge is 0.356 e. The number of sulfonamides is 1. The molecule has 0 aromatic heterocycles. The number of benzene rings is 2. The highest BCUT2D eigenvalue weighted by molar-refractivity contribution is 7.89. The van der Waals surface area contributed by atoms with Gasteiger partial charge >= 0.3 is 0 Å². The lowest BCUT2D eigenvalue weighted by molar-refractivity contribution is -0.122. The number of amides is 2. The zero-order valence-electron chi connectivity index (χ0n) is 19.3. The van der Waals surface area contributed by atoms with Crippen molar-refractivity contribution in [1.29, 1.82) is 0 Å². The van der Waals surface area contributed by atoms with Gasteiger partial charge in [0.2, 0.25) is 21.8 Å². The topological polar surface area (TPSA) is 125 Å². The Morgan fingerprint density at radius 3 is 2.12 bits per heavy atom. The van der Waals surface area contributed by atoms with Crippen LogP contribution in [0.4, 0.5) is 0 Å². The lowest BCUT2D eigenvalue weighted by atomic mass is 10.1. The first kappa shape index (κ1) is 25.8. The molecule has 0 atom stereocenters. The lowest BCUT2D eigenvalue weighted by Gasteiger charge is -2.34. The van der Waals surface area contributed by atoms with Crippen LogP contribution in [0.25, 0.3) is 0 Å². The molecule has 9 nitrogen and oxygen atoms in total. The van der Waals surface area contributed by atoms with Crippen LogP contribution >= 0.6 is 0 Å². The highest BCUT2D eigenvalue weighted by atomic mass is 32.2. The second kappa shape index (κ2) is 12.6. The van der Waals surface area contributed by atoms with Crippen LogP contribution in [0.3, 0.4) is 0 Å².